The Kier molecular flexibility index (Phi) is 5.19. The standard InChI is InChI=1S/C24H22N4O2S/c1-14(2)30-20-10-11-25-18-9-8-16(26-22(18)20)12-21-23(29)28-24(31-21)27-19-13-17(19)15-6-4-3-5-7-15/h3-12,14,17,19H,13H2,1-2H3,(H,27,28,29)/t17-,19?/m0/s1. The molecule has 1 unspecified atom stereocenters. The van der Waals surface area contributed by atoms with Crippen LogP contribution >= 0.6 is 11.8 Å². The number of carbonyl (C=O) groups excluding carboxylic acids is 1. The SMILES string of the molecule is CC(C)Oc1ccnc2ccc(C=C3SC(=NC4C[C@H]4c4ccccc4)NC3=O)nc12. The first-order valence-corrected chi connectivity index (χ1v) is 11.1. The third-order valence-corrected chi connectivity index (χ3v) is 6.05. The number of fused-ring (bicyclic) bond motifs is 1. The fourth-order valence-electron chi connectivity index (χ4n) is 3.60. The summed E-state index contributed by atoms with van der Waals surface area (Å²) in [5.74, 6) is 0.979. The molecule has 0 radical (unpaired) electrons. The van der Waals surface area contributed by atoms with Gasteiger partial charge in [-0.1, -0.05) is 30.3 Å². The fourth-order valence-corrected chi connectivity index (χ4v) is 4.47. The predicted octanol–water partition coefficient (Wildman–Crippen LogP) is 4.53. The first-order valence-electron chi connectivity index (χ1n) is 10.3. The lowest BCUT2D eigenvalue weighted by Gasteiger charge is -2.11. The van der Waals surface area contributed by atoms with E-state index in [1.54, 1.807) is 12.3 Å². The van der Waals surface area contributed by atoms with Crippen LogP contribution in [0.5, 0.6) is 5.75 Å². The van der Waals surface area contributed by atoms with Crippen molar-refractivity contribution in [2.75, 3.05) is 0 Å². The normalized spacial score (nSPS) is 23.0. The van der Waals surface area contributed by atoms with Crippen molar-refractivity contribution < 1.29 is 9.53 Å². The summed E-state index contributed by atoms with van der Waals surface area (Å²) in [6.45, 7) is 3.95. The molecule has 1 amide bonds. The average molecular weight is 431 g/mol. The van der Waals surface area contributed by atoms with Crippen LogP contribution in [0.2, 0.25) is 0 Å². The van der Waals surface area contributed by atoms with Gasteiger partial charge < -0.3 is 10.1 Å². The summed E-state index contributed by atoms with van der Waals surface area (Å²) >= 11 is 1.36. The lowest BCUT2D eigenvalue weighted by atomic mass is 10.1. The summed E-state index contributed by atoms with van der Waals surface area (Å²) in [5, 5.41) is 3.54. The zero-order valence-electron chi connectivity index (χ0n) is 17.3. The molecule has 3 aromatic rings. The molecule has 2 aromatic heterocycles. The molecule has 1 saturated carbocycles. The summed E-state index contributed by atoms with van der Waals surface area (Å²) < 4.78 is 5.86. The second-order valence-electron chi connectivity index (χ2n) is 7.90. The molecule has 0 bridgehead atoms. The molecule has 1 aliphatic heterocycles. The molecule has 5 rings (SSSR count). The molecule has 2 atom stereocenters. The lowest BCUT2D eigenvalue weighted by Crippen LogP contribution is -2.20. The highest BCUT2D eigenvalue weighted by molar-refractivity contribution is 8.18. The number of hydrogen-bond acceptors (Lipinski definition) is 6. The highest BCUT2D eigenvalue weighted by atomic mass is 32.2. The summed E-state index contributed by atoms with van der Waals surface area (Å²) in [6.07, 6.45) is 4.55. The number of thioether (sulfide) groups is 1. The third kappa shape index (κ3) is 4.32. The number of benzene rings is 1. The molecule has 1 aliphatic carbocycles. The van der Waals surface area contributed by atoms with Gasteiger partial charge in [0.15, 0.2) is 5.17 Å². The van der Waals surface area contributed by atoms with Crippen molar-refractivity contribution in [3.8, 4) is 5.75 Å². The number of ether oxygens (including phenoxy) is 1. The van der Waals surface area contributed by atoms with E-state index in [2.05, 4.69) is 39.6 Å². The van der Waals surface area contributed by atoms with Gasteiger partial charge in [0.1, 0.15) is 11.3 Å². The van der Waals surface area contributed by atoms with Gasteiger partial charge in [0.05, 0.1) is 28.3 Å². The Balaban J connectivity index is 1.35. The Hall–Kier alpha value is -3.19. The van der Waals surface area contributed by atoms with Crippen molar-refractivity contribution in [1.29, 1.82) is 0 Å². The maximum absolute atomic E-state index is 12.5. The van der Waals surface area contributed by atoms with Crippen LogP contribution in [-0.2, 0) is 4.79 Å². The number of amides is 1. The van der Waals surface area contributed by atoms with Crippen LogP contribution in [0.4, 0.5) is 0 Å². The molecular weight excluding hydrogens is 408 g/mol. The molecular formula is C24H22N4O2S. The van der Waals surface area contributed by atoms with E-state index in [1.807, 2.05) is 38.1 Å². The fraction of sp³-hybridized carbons (Fsp3) is 0.250. The van der Waals surface area contributed by atoms with E-state index in [9.17, 15) is 4.79 Å². The molecule has 156 valence electrons. The molecule has 31 heavy (non-hydrogen) atoms. The summed E-state index contributed by atoms with van der Waals surface area (Å²) in [6, 6.07) is 16.2. The van der Waals surface area contributed by atoms with Crippen molar-refractivity contribution in [2.45, 2.75) is 38.3 Å². The van der Waals surface area contributed by atoms with Gasteiger partial charge in [0.25, 0.3) is 5.91 Å². The number of nitrogens with one attached hydrogen (secondary N) is 1. The van der Waals surface area contributed by atoms with Crippen LogP contribution < -0.4 is 10.1 Å². The number of amidine groups is 1. The lowest BCUT2D eigenvalue weighted by molar-refractivity contribution is -0.115. The number of hydrogen-bond donors (Lipinski definition) is 1. The summed E-state index contributed by atoms with van der Waals surface area (Å²) in [5.41, 5.74) is 3.43. The summed E-state index contributed by atoms with van der Waals surface area (Å²) in [7, 11) is 0. The molecule has 2 fully saturated rings. The largest absolute Gasteiger partial charge is 0.489 e. The van der Waals surface area contributed by atoms with E-state index in [1.165, 1.54) is 17.3 Å². The molecule has 1 N–H and O–H groups in total. The van der Waals surface area contributed by atoms with Gasteiger partial charge in [-0.15, -0.1) is 0 Å². The van der Waals surface area contributed by atoms with Crippen LogP contribution in [0.15, 0.2) is 64.6 Å². The van der Waals surface area contributed by atoms with E-state index >= 15 is 0 Å². The second-order valence-corrected chi connectivity index (χ2v) is 8.93. The number of carbonyl (C=O) groups is 1. The molecule has 3 heterocycles. The molecule has 2 aliphatic rings. The van der Waals surface area contributed by atoms with E-state index in [0.717, 1.165) is 11.9 Å². The van der Waals surface area contributed by atoms with Gasteiger partial charge in [0, 0.05) is 18.2 Å². The Morgan fingerprint density at radius 3 is 2.84 bits per heavy atom. The van der Waals surface area contributed by atoms with Crippen molar-refractivity contribution in [3.63, 3.8) is 0 Å². The van der Waals surface area contributed by atoms with Crippen molar-refractivity contribution in [3.05, 3.63) is 70.9 Å². The van der Waals surface area contributed by atoms with Gasteiger partial charge in [-0.25, -0.2) is 4.98 Å². The number of rotatable bonds is 5. The quantitative estimate of drug-likeness (QED) is 0.602. The number of aliphatic imine (C=N–C) groups is 1. The Morgan fingerprint density at radius 2 is 2.03 bits per heavy atom. The van der Waals surface area contributed by atoms with Gasteiger partial charge in [0.2, 0.25) is 0 Å². The average Bonchev–Trinajstić information content (AvgIpc) is 3.44. The van der Waals surface area contributed by atoms with Crippen LogP contribution in [-0.4, -0.2) is 33.2 Å². The number of pyridine rings is 2. The molecule has 6 nitrogen and oxygen atoms in total. The monoisotopic (exact) mass is 430 g/mol. The zero-order chi connectivity index (χ0) is 21.4. The molecule has 1 saturated heterocycles. The Labute approximate surface area is 184 Å². The second kappa shape index (κ2) is 8.15. The smallest absolute Gasteiger partial charge is 0.264 e. The van der Waals surface area contributed by atoms with Crippen LogP contribution in [0.1, 0.15) is 37.4 Å². The summed E-state index contributed by atoms with van der Waals surface area (Å²) in [4.78, 5) is 26.8. The van der Waals surface area contributed by atoms with Crippen molar-refractivity contribution >= 4 is 39.9 Å². The minimum atomic E-state index is -0.146. The molecule has 7 heteroatoms. The van der Waals surface area contributed by atoms with Crippen molar-refractivity contribution in [2.24, 2.45) is 4.99 Å². The number of nitrogens with zero attached hydrogens (tertiary/aromatic N) is 3. The third-order valence-electron chi connectivity index (χ3n) is 5.13. The van der Waals surface area contributed by atoms with Gasteiger partial charge in [-0.3, -0.25) is 14.8 Å². The van der Waals surface area contributed by atoms with Crippen LogP contribution in [0, 0.1) is 0 Å². The first-order chi connectivity index (χ1) is 15.1. The van der Waals surface area contributed by atoms with Crippen LogP contribution in [0.25, 0.3) is 17.1 Å². The maximum atomic E-state index is 12.5. The van der Waals surface area contributed by atoms with E-state index in [-0.39, 0.29) is 18.1 Å². The maximum Gasteiger partial charge on any atom is 0.264 e. The van der Waals surface area contributed by atoms with Crippen LogP contribution in [0.3, 0.4) is 0 Å². The van der Waals surface area contributed by atoms with E-state index in [0.29, 0.717) is 33.0 Å². The Bertz CT molecular complexity index is 1210. The first kappa shape index (κ1) is 19.8. The highest BCUT2D eigenvalue weighted by Gasteiger charge is 2.39. The predicted molar refractivity (Wildman–Crippen MR) is 124 cm³/mol. The van der Waals surface area contributed by atoms with E-state index < -0.39 is 0 Å². The zero-order valence-corrected chi connectivity index (χ0v) is 18.1. The molecule has 1 aromatic carbocycles. The van der Waals surface area contributed by atoms with Gasteiger partial charge in [-0.05, 0) is 55.8 Å². The minimum Gasteiger partial charge on any atom is -0.489 e. The Morgan fingerprint density at radius 1 is 1.19 bits per heavy atom. The topological polar surface area (TPSA) is 76.5 Å². The molecule has 0 spiro atoms. The van der Waals surface area contributed by atoms with Gasteiger partial charge >= 0.3 is 0 Å². The van der Waals surface area contributed by atoms with E-state index in [4.69, 9.17) is 9.73 Å². The van der Waals surface area contributed by atoms with Crippen molar-refractivity contribution in [1.82, 2.24) is 15.3 Å². The minimum absolute atomic E-state index is 0.0338. The van der Waals surface area contributed by atoms with Gasteiger partial charge in [-0.2, -0.15) is 0 Å². The number of aromatic nitrogens is 2. The highest BCUT2D eigenvalue weighted by Crippen LogP contribution is 2.44.